The van der Waals surface area contributed by atoms with E-state index >= 15 is 0 Å². The van der Waals surface area contributed by atoms with Crippen LogP contribution in [0.2, 0.25) is 0 Å². The Hall–Kier alpha value is -0.200. The third-order valence-corrected chi connectivity index (χ3v) is 2.13. The lowest BCUT2D eigenvalue weighted by molar-refractivity contribution is -0.224. The van der Waals surface area contributed by atoms with Crippen LogP contribution in [0.3, 0.4) is 0 Å². The highest BCUT2D eigenvalue weighted by Gasteiger charge is 2.41. The molecule has 0 saturated carbocycles. The molecular weight excluding hydrogens is 164 g/mol. The fourth-order valence-corrected chi connectivity index (χ4v) is 1.29. The van der Waals surface area contributed by atoms with Crippen molar-refractivity contribution in [3.63, 3.8) is 0 Å². The third-order valence-electron chi connectivity index (χ3n) is 2.13. The van der Waals surface area contributed by atoms with Crippen LogP contribution in [0.25, 0.3) is 0 Å². The smallest absolute Gasteiger partial charge is 0.111 e. The van der Waals surface area contributed by atoms with Gasteiger partial charge in [0.05, 0.1) is 12.7 Å². The van der Waals surface area contributed by atoms with Crippen molar-refractivity contribution in [2.45, 2.75) is 37.4 Å². The van der Waals surface area contributed by atoms with Crippen molar-refractivity contribution in [3.8, 4) is 0 Å². The monoisotopic (exact) mass is 178 g/mol. The Morgan fingerprint density at radius 2 is 1.67 bits per heavy atom. The number of hydrogen-bond donors (Lipinski definition) is 4. The van der Waals surface area contributed by atoms with E-state index in [0.29, 0.717) is 0 Å². The molecule has 4 N–H and O–H groups in total. The third kappa shape index (κ3) is 1.60. The van der Waals surface area contributed by atoms with Crippen LogP contribution in [0.1, 0.15) is 6.92 Å². The summed E-state index contributed by atoms with van der Waals surface area (Å²) in [5, 5.41) is 36.4. The number of aliphatic hydroxyl groups excluding tert-OH is 4. The van der Waals surface area contributed by atoms with E-state index in [1.165, 1.54) is 0 Å². The number of hydrogen-bond acceptors (Lipinski definition) is 5. The van der Waals surface area contributed by atoms with E-state index in [1.54, 1.807) is 6.92 Å². The Morgan fingerprint density at radius 3 is 2.17 bits per heavy atom. The highest BCUT2D eigenvalue weighted by molar-refractivity contribution is 4.89. The summed E-state index contributed by atoms with van der Waals surface area (Å²) in [6, 6.07) is 0. The summed E-state index contributed by atoms with van der Waals surface area (Å²) < 4.78 is 5.02. The highest BCUT2D eigenvalue weighted by Crippen LogP contribution is 2.20. The molecule has 1 saturated heterocycles. The van der Waals surface area contributed by atoms with E-state index in [4.69, 9.17) is 9.84 Å². The van der Waals surface area contributed by atoms with E-state index in [0.717, 1.165) is 0 Å². The lowest BCUT2D eigenvalue weighted by Gasteiger charge is -2.38. The summed E-state index contributed by atoms with van der Waals surface area (Å²) in [6.07, 6.45) is -4.94. The van der Waals surface area contributed by atoms with Gasteiger partial charge in [-0.25, -0.2) is 0 Å². The molecule has 0 aliphatic carbocycles. The molecule has 0 spiro atoms. The zero-order valence-electron chi connectivity index (χ0n) is 6.79. The van der Waals surface area contributed by atoms with Gasteiger partial charge in [0.15, 0.2) is 0 Å². The second kappa shape index (κ2) is 3.68. The minimum Gasteiger partial charge on any atom is -0.394 e. The van der Waals surface area contributed by atoms with Gasteiger partial charge in [0.1, 0.15) is 24.4 Å². The maximum Gasteiger partial charge on any atom is 0.111 e. The van der Waals surface area contributed by atoms with Crippen molar-refractivity contribution in [1.29, 1.82) is 0 Å². The zero-order chi connectivity index (χ0) is 9.30. The van der Waals surface area contributed by atoms with Crippen LogP contribution in [0, 0.1) is 0 Å². The van der Waals surface area contributed by atoms with Crippen LogP contribution in [0.4, 0.5) is 0 Å². The van der Waals surface area contributed by atoms with Gasteiger partial charge < -0.3 is 25.2 Å². The SMILES string of the molecule is CC1O[C@@H](CO)[C@H](O)[C@H](O)[C@H]1O. The lowest BCUT2D eigenvalue weighted by atomic mass is 9.96. The fraction of sp³-hybridized carbons (Fsp3) is 1.00. The van der Waals surface area contributed by atoms with Gasteiger partial charge in [0.25, 0.3) is 0 Å². The van der Waals surface area contributed by atoms with Crippen molar-refractivity contribution in [1.82, 2.24) is 0 Å². The molecule has 12 heavy (non-hydrogen) atoms. The van der Waals surface area contributed by atoms with Gasteiger partial charge >= 0.3 is 0 Å². The molecule has 5 heteroatoms. The minimum absolute atomic E-state index is 0.366. The predicted molar refractivity (Wildman–Crippen MR) is 39.4 cm³/mol. The van der Waals surface area contributed by atoms with Gasteiger partial charge in [-0.15, -0.1) is 0 Å². The van der Waals surface area contributed by atoms with Crippen molar-refractivity contribution < 1.29 is 25.2 Å². The molecule has 5 atom stereocenters. The van der Waals surface area contributed by atoms with Gasteiger partial charge in [-0.2, -0.15) is 0 Å². The molecule has 0 bridgehead atoms. The first-order valence-electron chi connectivity index (χ1n) is 3.88. The first-order valence-corrected chi connectivity index (χ1v) is 3.88. The summed E-state index contributed by atoms with van der Waals surface area (Å²) in [7, 11) is 0. The molecule has 1 aliphatic heterocycles. The molecule has 0 aromatic heterocycles. The molecule has 0 aromatic rings. The number of aliphatic hydroxyl groups is 4. The molecule has 0 radical (unpaired) electrons. The second-order valence-electron chi connectivity index (χ2n) is 3.03. The molecule has 72 valence electrons. The van der Waals surface area contributed by atoms with Gasteiger partial charge in [-0.3, -0.25) is 0 Å². The molecule has 1 heterocycles. The molecule has 1 aliphatic rings. The van der Waals surface area contributed by atoms with Crippen LogP contribution < -0.4 is 0 Å². The van der Waals surface area contributed by atoms with Gasteiger partial charge in [-0.1, -0.05) is 0 Å². The molecule has 0 amide bonds. The Bertz CT molecular complexity index is 146. The molecule has 0 aromatic carbocycles. The normalized spacial score (nSPS) is 49.2. The number of rotatable bonds is 1. The van der Waals surface area contributed by atoms with Crippen molar-refractivity contribution in [2.75, 3.05) is 6.61 Å². The van der Waals surface area contributed by atoms with Gasteiger partial charge in [0.2, 0.25) is 0 Å². The molecule has 5 nitrogen and oxygen atoms in total. The Morgan fingerprint density at radius 1 is 1.08 bits per heavy atom. The van der Waals surface area contributed by atoms with E-state index < -0.39 is 30.5 Å². The van der Waals surface area contributed by atoms with Crippen LogP contribution in [0.5, 0.6) is 0 Å². The minimum atomic E-state index is -1.24. The summed E-state index contributed by atoms with van der Waals surface area (Å²) in [5.74, 6) is 0. The second-order valence-corrected chi connectivity index (χ2v) is 3.03. The van der Waals surface area contributed by atoms with E-state index in [2.05, 4.69) is 0 Å². The first-order chi connectivity index (χ1) is 5.57. The predicted octanol–water partition coefficient (Wildman–Crippen LogP) is -2.15. The fourth-order valence-electron chi connectivity index (χ4n) is 1.29. The van der Waals surface area contributed by atoms with Crippen LogP contribution in [0.15, 0.2) is 0 Å². The van der Waals surface area contributed by atoms with Crippen molar-refractivity contribution >= 4 is 0 Å². The first kappa shape index (κ1) is 9.88. The topological polar surface area (TPSA) is 90.2 Å². The summed E-state index contributed by atoms with van der Waals surface area (Å²) >= 11 is 0. The van der Waals surface area contributed by atoms with Crippen LogP contribution in [-0.2, 0) is 4.74 Å². The highest BCUT2D eigenvalue weighted by atomic mass is 16.5. The van der Waals surface area contributed by atoms with E-state index in [9.17, 15) is 15.3 Å². The Labute approximate surface area is 70.2 Å². The average Bonchev–Trinajstić information content (AvgIpc) is 2.08. The summed E-state index contributed by atoms with van der Waals surface area (Å²) in [5.41, 5.74) is 0. The maximum absolute atomic E-state index is 9.23. The quantitative estimate of drug-likeness (QED) is 0.367. The summed E-state index contributed by atoms with van der Waals surface area (Å²) in [4.78, 5) is 0. The molecular formula is C7H14O5. The largest absolute Gasteiger partial charge is 0.394 e. The van der Waals surface area contributed by atoms with Crippen molar-refractivity contribution in [2.24, 2.45) is 0 Å². The van der Waals surface area contributed by atoms with Gasteiger partial charge in [0, 0.05) is 0 Å². The molecule has 1 unspecified atom stereocenters. The lowest BCUT2D eigenvalue weighted by Crippen LogP contribution is -2.57. The van der Waals surface area contributed by atoms with Gasteiger partial charge in [-0.05, 0) is 6.92 Å². The van der Waals surface area contributed by atoms with Crippen molar-refractivity contribution in [3.05, 3.63) is 0 Å². The molecule has 1 fully saturated rings. The average molecular weight is 178 g/mol. The van der Waals surface area contributed by atoms with E-state index in [1.807, 2.05) is 0 Å². The van der Waals surface area contributed by atoms with E-state index in [-0.39, 0.29) is 6.61 Å². The standard InChI is InChI=1S/C7H14O5/c1-3-5(9)7(11)6(10)4(2-8)12-3/h3-11H,2H2,1H3/t3?,4-,5-,6-,7+/m0/s1. The van der Waals surface area contributed by atoms with Crippen LogP contribution in [-0.4, -0.2) is 57.6 Å². The molecule has 1 rings (SSSR count). The number of ether oxygens (including phenoxy) is 1. The Kier molecular flexibility index (Phi) is 3.03. The maximum atomic E-state index is 9.23. The Balaban J connectivity index is 2.63. The zero-order valence-corrected chi connectivity index (χ0v) is 6.79. The van der Waals surface area contributed by atoms with Crippen LogP contribution >= 0.6 is 0 Å². The summed E-state index contributed by atoms with van der Waals surface area (Å²) in [6.45, 7) is 1.21.